The molecule has 1 rings (SSSR count). The quantitative estimate of drug-likeness (QED) is 0.475. The molecule has 0 unspecified atom stereocenters. The highest BCUT2D eigenvalue weighted by Crippen LogP contribution is 2.39. The first-order valence-electron chi connectivity index (χ1n) is 2.78. The summed E-state index contributed by atoms with van der Waals surface area (Å²) in [7, 11) is 0. The van der Waals surface area contributed by atoms with Crippen LogP contribution >= 0.6 is 0 Å². The van der Waals surface area contributed by atoms with Gasteiger partial charge < -0.3 is 4.79 Å². The molecule has 0 aliphatic heterocycles. The van der Waals surface area contributed by atoms with Crippen LogP contribution in [0.15, 0.2) is 0 Å². The van der Waals surface area contributed by atoms with E-state index in [1.165, 1.54) is 6.42 Å². The Labute approximate surface area is 43.7 Å². The summed E-state index contributed by atoms with van der Waals surface area (Å²) < 4.78 is 0. The van der Waals surface area contributed by atoms with Gasteiger partial charge in [-0.25, -0.2) is 0 Å². The normalized spacial score (nSPS) is 37.9. The maximum absolute atomic E-state index is 9.80. The summed E-state index contributed by atoms with van der Waals surface area (Å²) in [5.41, 5.74) is 0. The van der Waals surface area contributed by atoms with Crippen molar-refractivity contribution in [1.29, 1.82) is 0 Å². The zero-order valence-electron chi connectivity index (χ0n) is 4.55. The van der Waals surface area contributed by atoms with Gasteiger partial charge in [0.15, 0.2) is 0 Å². The van der Waals surface area contributed by atoms with E-state index < -0.39 is 0 Å². The molecule has 0 spiro atoms. The molecule has 0 aromatic heterocycles. The minimum Gasteiger partial charge on any atom is -0.303 e. The van der Waals surface area contributed by atoms with Crippen LogP contribution in [-0.4, -0.2) is 6.29 Å². The van der Waals surface area contributed by atoms with Crippen molar-refractivity contribution in [3.05, 3.63) is 0 Å². The Kier molecular flexibility index (Phi) is 1.13. The lowest BCUT2D eigenvalue weighted by Crippen LogP contribution is -1.77. The third kappa shape index (κ3) is 1.02. The van der Waals surface area contributed by atoms with E-state index in [0.29, 0.717) is 0 Å². The summed E-state index contributed by atoms with van der Waals surface area (Å²) in [4.78, 5) is 9.80. The van der Waals surface area contributed by atoms with Gasteiger partial charge in [0.1, 0.15) is 6.29 Å². The first-order valence-corrected chi connectivity index (χ1v) is 2.78. The molecule has 1 saturated carbocycles. The fraction of sp³-hybridized carbons (Fsp3) is 0.833. The number of hydrogen-bond donors (Lipinski definition) is 0. The Bertz CT molecular complexity index is 78.2. The Morgan fingerprint density at radius 2 is 2.43 bits per heavy atom. The molecule has 0 radical (unpaired) electrons. The molecule has 0 heterocycles. The largest absolute Gasteiger partial charge is 0.303 e. The minimum absolute atomic E-state index is 0.748. The molecule has 1 fully saturated rings. The van der Waals surface area contributed by atoms with E-state index in [9.17, 15) is 4.79 Å². The highest BCUT2D eigenvalue weighted by molar-refractivity contribution is 5.50. The second kappa shape index (κ2) is 1.65. The smallest absolute Gasteiger partial charge is 0.120 e. The number of carbonyl (C=O) groups excluding carboxylic acids is 1. The fourth-order valence-corrected chi connectivity index (χ4v) is 0.851. The van der Waals surface area contributed by atoms with Gasteiger partial charge in [0.25, 0.3) is 0 Å². The Balaban J connectivity index is 2.08. The molecule has 0 aromatic rings. The molecular weight excluding hydrogens is 88.1 g/mol. The van der Waals surface area contributed by atoms with E-state index in [2.05, 4.69) is 6.92 Å². The number of rotatable bonds is 2. The average molecular weight is 98.1 g/mol. The van der Waals surface area contributed by atoms with Crippen molar-refractivity contribution in [3.8, 4) is 0 Å². The van der Waals surface area contributed by atoms with Crippen molar-refractivity contribution in [2.75, 3.05) is 0 Å². The summed E-state index contributed by atoms with van der Waals surface area (Å²) >= 11 is 0. The molecule has 0 aromatic carbocycles. The SMILES string of the molecule is C[C@@H]1C[C@H]1CC=O. The number of aldehydes is 1. The predicted octanol–water partition coefficient (Wildman–Crippen LogP) is 1.23. The second-order valence-corrected chi connectivity index (χ2v) is 2.38. The number of hydrogen-bond acceptors (Lipinski definition) is 1. The topological polar surface area (TPSA) is 17.1 Å². The first-order chi connectivity index (χ1) is 3.34. The van der Waals surface area contributed by atoms with Crippen molar-refractivity contribution in [3.63, 3.8) is 0 Å². The Hall–Kier alpha value is -0.330. The standard InChI is InChI=1S/C6H10O/c1-5-4-6(5)2-3-7/h3,5-6H,2,4H2,1H3/t5-,6-/m1/s1. The van der Waals surface area contributed by atoms with Gasteiger partial charge in [-0.1, -0.05) is 6.92 Å². The summed E-state index contributed by atoms with van der Waals surface area (Å²) in [6.45, 7) is 2.19. The van der Waals surface area contributed by atoms with Gasteiger partial charge in [0, 0.05) is 6.42 Å². The molecule has 0 bridgehead atoms. The Morgan fingerprint density at radius 1 is 1.86 bits per heavy atom. The van der Waals surface area contributed by atoms with Crippen LogP contribution in [0.3, 0.4) is 0 Å². The highest BCUT2D eigenvalue weighted by atomic mass is 16.1. The van der Waals surface area contributed by atoms with Crippen LogP contribution in [0.2, 0.25) is 0 Å². The molecule has 0 amide bonds. The molecule has 1 nitrogen and oxygen atoms in total. The predicted molar refractivity (Wildman–Crippen MR) is 28.0 cm³/mol. The zero-order chi connectivity index (χ0) is 5.28. The molecule has 0 saturated heterocycles. The van der Waals surface area contributed by atoms with Crippen molar-refractivity contribution in [2.45, 2.75) is 19.8 Å². The summed E-state index contributed by atoms with van der Waals surface area (Å²) in [6, 6.07) is 0. The molecule has 1 aliphatic rings. The lowest BCUT2D eigenvalue weighted by molar-refractivity contribution is -0.108. The van der Waals surface area contributed by atoms with Crippen LogP contribution in [0.25, 0.3) is 0 Å². The summed E-state index contributed by atoms with van der Waals surface area (Å²) in [5, 5.41) is 0. The minimum atomic E-state index is 0.748. The van der Waals surface area contributed by atoms with Crippen LogP contribution in [0.4, 0.5) is 0 Å². The zero-order valence-corrected chi connectivity index (χ0v) is 4.55. The van der Waals surface area contributed by atoms with Crippen LogP contribution in [0, 0.1) is 11.8 Å². The lowest BCUT2D eigenvalue weighted by atomic mass is 10.3. The molecule has 7 heavy (non-hydrogen) atoms. The average Bonchev–Trinajstić information content (AvgIpc) is 2.22. The Morgan fingerprint density at radius 3 is 2.57 bits per heavy atom. The molecule has 0 N–H and O–H groups in total. The van der Waals surface area contributed by atoms with E-state index >= 15 is 0 Å². The van der Waals surface area contributed by atoms with Crippen molar-refractivity contribution in [1.82, 2.24) is 0 Å². The van der Waals surface area contributed by atoms with Crippen LogP contribution in [0.1, 0.15) is 19.8 Å². The molecule has 40 valence electrons. The lowest BCUT2D eigenvalue weighted by Gasteiger charge is -1.78. The monoisotopic (exact) mass is 98.1 g/mol. The molecular formula is C6H10O. The maximum atomic E-state index is 9.80. The first kappa shape index (κ1) is 4.82. The van der Waals surface area contributed by atoms with Gasteiger partial charge in [-0.15, -0.1) is 0 Å². The third-order valence-electron chi connectivity index (χ3n) is 1.68. The van der Waals surface area contributed by atoms with Crippen LogP contribution in [0.5, 0.6) is 0 Å². The van der Waals surface area contributed by atoms with Crippen molar-refractivity contribution >= 4 is 6.29 Å². The van der Waals surface area contributed by atoms with Gasteiger partial charge in [-0.2, -0.15) is 0 Å². The summed E-state index contributed by atoms with van der Waals surface area (Å²) in [6.07, 6.45) is 3.09. The van der Waals surface area contributed by atoms with E-state index in [1.54, 1.807) is 0 Å². The molecule has 1 heteroatoms. The maximum Gasteiger partial charge on any atom is 0.120 e. The second-order valence-electron chi connectivity index (χ2n) is 2.38. The highest BCUT2D eigenvalue weighted by Gasteiger charge is 2.31. The van der Waals surface area contributed by atoms with Crippen molar-refractivity contribution < 1.29 is 4.79 Å². The van der Waals surface area contributed by atoms with Crippen LogP contribution < -0.4 is 0 Å². The van der Waals surface area contributed by atoms with E-state index in [1.807, 2.05) is 0 Å². The fourth-order valence-electron chi connectivity index (χ4n) is 0.851. The number of carbonyl (C=O) groups is 1. The van der Waals surface area contributed by atoms with Gasteiger partial charge in [-0.05, 0) is 18.3 Å². The van der Waals surface area contributed by atoms with Gasteiger partial charge in [-0.3, -0.25) is 0 Å². The van der Waals surface area contributed by atoms with Crippen LogP contribution in [-0.2, 0) is 4.79 Å². The molecule has 2 atom stereocenters. The van der Waals surface area contributed by atoms with Gasteiger partial charge in [0.2, 0.25) is 0 Å². The van der Waals surface area contributed by atoms with Crippen molar-refractivity contribution in [2.24, 2.45) is 11.8 Å². The van der Waals surface area contributed by atoms with Gasteiger partial charge >= 0.3 is 0 Å². The van der Waals surface area contributed by atoms with E-state index in [4.69, 9.17) is 0 Å². The van der Waals surface area contributed by atoms with E-state index in [-0.39, 0.29) is 0 Å². The van der Waals surface area contributed by atoms with Gasteiger partial charge in [0.05, 0.1) is 0 Å². The molecule has 1 aliphatic carbocycles. The summed E-state index contributed by atoms with van der Waals surface area (Å²) in [5.74, 6) is 1.59. The van der Waals surface area contributed by atoms with E-state index in [0.717, 1.165) is 24.5 Å². The third-order valence-corrected chi connectivity index (χ3v) is 1.68.